The third-order valence-corrected chi connectivity index (χ3v) is 5.38. The van der Waals surface area contributed by atoms with E-state index in [9.17, 15) is 9.59 Å². The molecule has 3 aromatic rings. The molecule has 0 radical (unpaired) electrons. The molecule has 0 bridgehead atoms. The van der Waals surface area contributed by atoms with Crippen LogP contribution in [-0.4, -0.2) is 45.6 Å². The minimum atomic E-state index is -0.359. The van der Waals surface area contributed by atoms with Gasteiger partial charge in [-0.05, 0) is 56.3 Å². The van der Waals surface area contributed by atoms with Crippen molar-refractivity contribution in [2.45, 2.75) is 19.4 Å². The van der Waals surface area contributed by atoms with E-state index >= 15 is 0 Å². The van der Waals surface area contributed by atoms with Gasteiger partial charge in [-0.25, -0.2) is 0 Å². The summed E-state index contributed by atoms with van der Waals surface area (Å²) in [7, 11) is 0. The predicted molar refractivity (Wildman–Crippen MR) is 120 cm³/mol. The van der Waals surface area contributed by atoms with Gasteiger partial charge in [0.25, 0.3) is 11.1 Å². The number of H-pyrrole nitrogens is 1. The van der Waals surface area contributed by atoms with Crippen LogP contribution in [0.5, 0.6) is 5.75 Å². The molecule has 2 N–H and O–H groups in total. The molecule has 1 saturated heterocycles. The quantitative estimate of drug-likeness (QED) is 0.558. The number of aromatic amines is 1. The number of nitrogens with zero attached hydrogens (tertiary/aromatic N) is 3. The van der Waals surface area contributed by atoms with Crippen molar-refractivity contribution < 1.29 is 4.74 Å². The lowest BCUT2D eigenvalue weighted by molar-refractivity contribution is 0.300. The smallest absolute Gasteiger partial charge is 0.273 e. The molecule has 3 aromatic heterocycles. The van der Waals surface area contributed by atoms with Crippen LogP contribution in [0.25, 0.3) is 5.69 Å². The second-order valence-electron chi connectivity index (χ2n) is 7.39. The van der Waals surface area contributed by atoms with Gasteiger partial charge in [-0.3, -0.25) is 19.1 Å². The summed E-state index contributed by atoms with van der Waals surface area (Å²) in [6.45, 7) is 4.17. The van der Waals surface area contributed by atoms with Crippen molar-refractivity contribution in [2.75, 3.05) is 31.5 Å². The highest BCUT2D eigenvalue weighted by atomic mass is 35.5. The normalized spacial score (nSPS) is 14.0. The molecular weight excluding hydrogens is 418 g/mol. The van der Waals surface area contributed by atoms with Gasteiger partial charge >= 0.3 is 0 Å². The van der Waals surface area contributed by atoms with E-state index < -0.39 is 0 Å². The number of aromatic nitrogens is 3. The van der Waals surface area contributed by atoms with E-state index in [0.717, 1.165) is 26.2 Å². The van der Waals surface area contributed by atoms with Crippen molar-refractivity contribution in [2.24, 2.45) is 0 Å². The number of rotatable bonds is 8. The van der Waals surface area contributed by atoms with Gasteiger partial charge in [0.15, 0.2) is 0 Å². The maximum atomic E-state index is 12.5. The Morgan fingerprint density at radius 3 is 2.68 bits per heavy atom. The molecule has 1 aliphatic heterocycles. The minimum absolute atomic E-state index is 0.207. The van der Waals surface area contributed by atoms with Gasteiger partial charge in [-0.2, -0.15) is 0 Å². The SMILES string of the molecule is O=c1[nH]c(NCCN2CCCC2)ccc1-n1ccc(OCc2ccc(Cl)cn2)cc1=O. The third-order valence-electron chi connectivity index (χ3n) is 5.16. The molecule has 0 spiro atoms. The lowest BCUT2D eigenvalue weighted by Crippen LogP contribution is -2.27. The molecule has 1 fully saturated rings. The van der Waals surface area contributed by atoms with Crippen LogP contribution in [0.15, 0.2) is 58.4 Å². The maximum absolute atomic E-state index is 12.5. The van der Waals surface area contributed by atoms with E-state index in [2.05, 4.69) is 20.2 Å². The fraction of sp³-hybridized carbons (Fsp3) is 0.318. The first-order valence-electron chi connectivity index (χ1n) is 10.2. The summed E-state index contributed by atoms with van der Waals surface area (Å²) in [6, 6.07) is 9.86. The van der Waals surface area contributed by atoms with Gasteiger partial charge in [0.1, 0.15) is 23.9 Å². The van der Waals surface area contributed by atoms with Gasteiger partial charge in [-0.15, -0.1) is 0 Å². The van der Waals surface area contributed by atoms with Crippen LogP contribution >= 0.6 is 11.6 Å². The van der Waals surface area contributed by atoms with E-state index in [1.807, 2.05) is 0 Å². The second-order valence-corrected chi connectivity index (χ2v) is 7.83. The number of likely N-dealkylation sites (tertiary alicyclic amines) is 1. The van der Waals surface area contributed by atoms with E-state index in [0.29, 0.717) is 22.3 Å². The predicted octanol–water partition coefficient (Wildman–Crippen LogP) is 2.66. The maximum Gasteiger partial charge on any atom is 0.273 e. The molecule has 0 amide bonds. The molecule has 0 atom stereocenters. The lowest BCUT2D eigenvalue weighted by Gasteiger charge is -2.15. The minimum Gasteiger partial charge on any atom is -0.487 e. The number of pyridine rings is 3. The molecule has 0 aliphatic carbocycles. The first-order valence-corrected chi connectivity index (χ1v) is 10.6. The van der Waals surface area contributed by atoms with Gasteiger partial charge in [0.2, 0.25) is 0 Å². The summed E-state index contributed by atoms with van der Waals surface area (Å²) in [5, 5.41) is 3.78. The molecule has 31 heavy (non-hydrogen) atoms. The highest BCUT2D eigenvalue weighted by Crippen LogP contribution is 2.12. The Balaban J connectivity index is 1.39. The lowest BCUT2D eigenvalue weighted by atomic mass is 10.3. The fourth-order valence-electron chi connectivity index (χ4n) is 3.51. The van der Waals surface area contributed by atoms with E-state index in [1.54, 1.807) is 30.3 Å². The van der Waals surface area contributed by atoms with Gasteiger partial charge < -0.3 is 19.9 Å². The molecule has 162 valence electrons. The van der Waals surface area contributed by atoms with Gasteiger partial charge in [0.05, 0.1) is 10.7 Å². The average molecular weight is 442 g/mol. The van der Waals surface area contributed by atoms with E-state index in [1.165, 1.54) is 35.9 Å². The monoisotopic (exact) mass is 441 g/mol. The van der Waals surface area contributed by atoms with Gasteiger partial charge in [0, 0.05) is 31.5 Å². The Bertz CT molecular complexity index is 1140. The van der Waals surface area contributed by atoms with Crippen molar-refractivity contribution in [3.8, 4) is 11.4 Å². The molecule has 0 aromatic carbocycles. The van der Waals surface area contributed by atoms with Crippen LogP contribution in [0.2, 0.25) is 5.02 Å². The zero-order chi connectivity index (χ0) is 21.6. The Kier molecular flexibility index (Phi) is 6.69. The average Bonchev–Trinajstić information content (AvgIpc) is 3.28. The Hall–Kier alpha value is -3.10. The van der Waals surface area contributed by atoms with Crippen molar-refractivity contribution in [3.63, 3.8) is 0 Å². The fourth-order valence-corrected chi connectivity index (χ4v) is 3.62. The van der Waals surface area contributed by atoms with Crippen LogP contribution in [0, 0.1) is 0 Å². The topological polar surface area (TPSA) is 92.2 Å². The summed E-state index contributed by atoms with van der Waals surface area (Å²) >= 11 is 5.82. The molecule has 0 saturated carbocycles. The Morgan fingerprint density at radius 1 is 1.13 bits per heavy atom. The molecule has 1 aliphatic rings. The zero-order valence-corrected chi connectivity index (χ0v) is 17.8. The second kappa shape index (κ2) is 9.80. The first-order chi connectivity index (χ1) is 15.1. The largest absolute Gasteiger partial charge is 0.487 e. The molecular formula is C22H24ClN5O3. The Morgan fingerprint density at radius 2 is 1.97 bits per heavy atom. The molecule has 8 nitrogen and oxygen atoms in total. The van der Waals surface area contributed by atoms with Crippen LogP contribution in [0.1, 0.15) is 18.5 Å². The molecule has 4 heterocycles. The number of ether oxygens (including phenoxy) is 1. The Labute approximate surface area is 184 Å². The van der Waals surface area contributed by atoms with E-state index in [4.69, 9.17) is 16.3 Å². The van der Waals surface area contributed by atoms with Crippen molar-refractivity contribution in [1.82, 2.24) is 19.4 Å². The van der Waals surface area contributed by atoms with Crippen LogP contribution in [0.3, 0.4) is 0 Å². The summed E-state index contributed by atoms with van der Waals surface area (Å²) in [5.74, 6) is 1.03. The third kappa shape index (κ3) is 5.53. The molecule has 0 unspecified atom stereocenters. The standard InChI is InChI=1S/C22H24ClN5O3/c23-16-3-4-17(25-14-16)15-31-18-7-11-28(21(29)13-18)19-5-6-20(26-22(19)30)24-8-12-27-9-1-2-10-27/h3-7,11,13-14H,1-2,8-10,12,15H2,(H2,24,26,30). The highest BCUT2D eigenvalue weighted by Gasteiger charge is 2.11. The first kappa shape index (κ1) is 21.1. The summed E-state index contributed by atoms with van der Waals surface area (Å²) < 4.78 is 6.91. The summed E-state index contributed by atoms with van der Waals surface area (Å²) in [6.07, 6.45) is 5.57. The van der Waals surface area contributed by atoms with Crippen molar-refractivity contribution in [1.29, 1.82) is 0 Å². The molecule has 4 rings (SSSR count). The summed E-state index contributed by atoms with van der Waals surface area (Å²) in [4.78, 5) is 34.4. The highest BCUT2D eigenvalue weighted by molar-refractivity contribution is 6.30. The van der Waals surface area contributed by atoms with Crippen molar-refractivity contribution in [3.05, 3.63) is 80.2 Å². The number of hydrogen-bond acceptors (Lipinski definition) is 6. The number of anilines is 1. The number of halogens is 1. The van der Waals surface area contributed by atoms with Crippen LogP contribution in [-0.2, 0) is 6.61 Å². The number of nitrogens with one attached hydrogen (secondary N) is 2. The zero-order valence-electron chi connectivity index (χ0n) is 17.0. The molecule has 9 heteroatoms. The van der Waals surface area contributed by atoms with Crippen LogP contribution < -0.4 is 21.2 Å². The number of hydrogen-bond donors (Lipinski definition) is 2. The summed E-state index contributed by atoms with van der Waals surface area (Å²) in [5.41, 5.74) is 0.243. The van der Waals surface area contributed by atoms with Crippen LogP contribution in [0.4, 0.5) is 5.82 Å². The van der Waals surface area contributed by atoms with E-state index in [-0.39, 0.29) is 23.4 Å². The van der Waals surface area contributed by atoms with Crippen molar-refractivity contribution >= 4 is 17.4 Å². The van der Waals surface area contributed by atoms with Gasteiger partial charge in [-0.1, -0.05) is 11.6 Å².